The van der Waals surface area contributed by atoms with Gasteiger partial charge in [0.05, 0.1) is 26.4 Å². The Labute approximate surface area is 541 Å². The van der Waals surface area contributed by atoms with E-state index in [1.165, 1.54) is 109 Å². The first kappa shape index (κ1) is 86.0. The van der Waals surface area contributed by atoms with Gasteiger partial charge in [-0.15, -0.1) is 0 Å². The number of ether oxygens (including phenoxy) is 3. The highest BCUT2D eigenvalue weighted by Gasteiger charge is 2.29. The van der Waals surface area contributed by atoms with E-state index in [9.17, 15) is 43.5 Å². The number of rotatable bonds is 67. The molecule has 0 heterocycles. The van der Waals surface area contributed by atoms with Crippen molar-refractivity contribution >= 4 is 33.6 Å². The van der Waals surface area contributed by atoms with Crippen LogP contribution in [0.5, 0.6) is 0 Å². The van der Waals surface area contributed by atoms with Gasteiger partial charge in [-0.25, -0.2) is 9.13 Å². The summed E-state index contributed by atoms with van der Waals surface area (Å²) in [6.07, 6.45) is 68.0. The smallest absolute Gasteiger partial charge is 0.463 e. The van der Waals surface area contributed by atoms with Crippen LogP contribution in [0, 0.1) is 0 Å². The first-order valence-corrected chi connectivity index (χ1v) is 38.2. The number of hydrogen-bond donors (Lipinski definition) is 4. The molecule has 5 unspecified atom stereocenters. The molecule has 4 N–H and O–H groups in total. The maximum atomic E-state index is 12.9. The van der Waals surface area contributed by atoms with Crippen molar-refractivity contribution in [1.29, 1.82) is 0 Å². The number of esters is 3. The zero-order chi connectivity index (χ0) is 65.3. The quantitative estimate of drug-likeness (QED) is 0.0146. The molecule has 0 spiro atoms. The largest absolute Gasteiger partial charge is 0.472 e. The van der Waals surface area contributed by atoms with Crippen LogP contribution >= 0.6 is 15.6 Å². The maximum Gasteiger partial charge on any atom is 0.472 e. The lowest BCUT2D eigenvalue weighted by Crippen LogP contribution is -2.30. The Bertz CT molecular complexity index is 1920. The number of phosphoric acid groups is 2. The minimum absolute atomic E-state index is 0.106. The van der Waals surface area contributed by atoms with Gasteiger partial charge in [0.1, 0.15) is 25.4 Å². The molecule has 5 atom stereocenters. The molecule has 0 aliphatic heterocycles. The number of aliphatic hydroxyl groups excluding tert-OH is 2. The van der Waals surface area contributed by atoms with E-state index in [0.29, 0.717) is 19.3 Å². The molecule has 18 heteroatoms. The molecule has 16 nitrogen and oxygen atoms in total. The molecule has 0 saturated carbocycles. The topological polar surface area (TPSA) is 231 Å². The Balaban J connectivity index is 4.59. The average Bonchev–Trinajstić information content (AvgIpc) is 3.65. The fourth-order valence-corrected chi connectivity index (χ4v) is 11.1. The predicted octanol–water partition coefficient (Wildman–Crippen LogP) is 19.5. The van der Waals surface area contributed by atoms with Crippen LogP contribution in [0.3, 0.4) is 0 Å². The van der Waals surface area contributed by atoms with Crippen molar-refractivity contribution < 1.29 is 75.8 Å². The number of unbranched alkanes of at least 4 members (excludes halogenated alkanes) is 32. The summed E-state index contributed by atoms with van der Waals surface area (Å²) in [5, 5.41) is 20.6. The van der Waals surface area contributed by atoms with Gasteiger partial charge in [-0.3, -0.25) is 32.5 Å². The van der Waals surface area contributed by atoms with Crippen molar-refractivity contribution in [2.75, 3.05) is 39.6 Å². The summed E-state index contributed by atoms with van der Waals surface area (Å²) in [6.45, 7) is 2.62. The Morgan fingerprint density at radius 3 is 0.910 bits per heavy atom. The van der Waals surface area contributed by atoms with Crippen molar-refractivity contribution in [1.82, 2.24) is 0 Å². The van der Waals surface area contributed by atoms with Crippen LogP contribution in [0.4, 0.5) is 0 Å². The van der Waals surface area contributed by atoms with Gasteiger partial charge in [0.2, 0.25) is 0 Å². The van der Waals surface area contributed by atoms with Gasteiger partial charge in [-0.1, -0.05) is 261 Å². The van der Waals surface area contributed by atoms with Gasteiger partial charge in [-0.2, -0.15) is 0 Å². The molecule has 0 aromatic carbocycles. The van der Waals surface area contributed by atoms with E-state index in [1.54, 1.807) is 0 Å². The molecule has 0 saturated heterocycles. The van der Waals surface area contributed by atoms with Gasteiger partial charge in [0.15, 0.2) is 6.10 Å². The van der Waals surface area contributed by atoms with E-state index in [-0.39, 0.29) is 19.3 Å². The monoisotopic (exact) mass is 1300 g/mol. The first-order chi connectivity index (χ1) is 43.2. The molecular formula is C71H128O16P2. The molecule has 0 amide bonds. The van der Waals surface area contributed by atoms with Crippen molar-refractivity contribution in [3.8, 4) is 0 Å². The molecule has 0 rings (SSSR count). The Hall–Kier alpha value is -3.01. The van der Waals surface area contributed by atoms with E-state index in [4.69, 9.17) is 32.3 Å². The molecular weight excluding hydrogens is 1170 g/mol. The van der Waals surface area contributed by atoms with E-state index >= 15 is 0 Å². The van der Waals surface area contributed by atoms with E-state index in [2.05, 4.69) is 93.7 Å². The number of aliphatic hydroxyl groups is 2. The van der Waals surface area contributed by atoms with Crippen LogP contribution in [-0.4, -0.2) is 95.9 Å². The average molecular weight is 1300 g/mol. The van der Waals surface area contributed by atoms with E-state index in [0.717, 1.165) is 135 Å². The molecule has 0 bridgehead atoms. The van der Waals surface area contributed by atoms with Crippen LogP contribution < -0.4 is 0 Å². The minimum Gasteiger partial charge on any atom is -0.463 e. The summed E-state index contributed by atoms with van der Waals surface area (Å²) in [7, 11) is -9.77. The minimum atomic E-state index is -4.92. The molecule has 518 valence electrons. The fourth-order valence-electron chi connectivity index (χ4n) is 9.47. The van der Waals surface area contributed by atoms with Crippen molar-refractivity contribution in [3.05, 3.63) is 72.9 Å². The van der Waals surface area contributed by atoms with Crippen LogP contribution in [0.15, 0.2) is 72.9 Å². The lowest BCUT2D eigenvalue weighted by atomic mass is 10.0. The standard InChI is InChI=1S/C71H128O16P2/c1-4-7-10-13-16-19-22-25-28-29-30-31-32-33-34-35-38-40-42-45-48-51-54-57-69(74)81-60-66(72)61-83-88(77,78)84-62-67(73)63-85-89(79,80)86-65-68(87-71(76)59-56-53-50-47-44-41-37-27-24-21-18-15-12-9-6-3)64-82-70(75)58-55-52-49-46-43-39-36-26-23-20-17-14-11-8-5-2/h16-17,19-20,25-26,28,30-31,33-34,36,66-68,72-73H,4-15,18,21-24,27,29,32,35,37-65H2,1-3H3,(H,77,78)(H,79,80)/b19-16-,20-17-,28-25-,31-30-,34-33-,36-26-. The lowest BCUT2D eigenvalue weighted by Gasteiger charge is -2.21. The predicted molar refractivity (Wildman–Crippen MR) is 362 cm³/mol. The third kappa shape index (κ3) is 66.3. The molecule has 0 aromatic heterocycles. The second-order valence-electron chi connectivity index (χ2n) is 23.7. The third-order valence-corrected chi connectivity index (χ3v) is 16.8. The number of hydrogen-bond acceptors (Lipinski definition) is 14. The number of phosphoric ester groups is 2. The lowest BCUT2D eigenvalue weighted by molar-refractivity contribution is -0.161. The summed E-state index contributed by atoms with van der Waals surface area (Å²) >= 11 is 0. The Morgan fingerprint density at radius 1 is 0.315 bits per heavy atom. The van der Waals surface area contributed by atoms with Gasteiger partial charge in [0, 0.05) is 19.3 Å². The second kappa shape index (κ2) is 65.1. The van der Waals surface area contributed by atoms with Gasteiger partial charge in [0.25, 0.3) is 0 Å². The van der Waals surface area contributed by atoms with Gasteiger partial charge < -0.3 is 34.2 Å². The normalized spacial score (nSPS) is 14.6. The fraction of sp³-hybridized carbons (Fsp3) is 0.789. The molecule has 0 fully saturated rings. The Morgan fingerprint density at radius 2 is 0.562 bits per heavy atom. The number of carbonyl (C=O) groups is 3. The molecule has 0 aliphatic carbocycles. The summed E-state index contributed by atoms with van der Waals surface area (Å²) in [4.78, 5) is 58.4. The van der Waals surface area contributed by atoms with E-state index in [1.807, 2.05) is 0 Å². The van der Waals surface area contributed by atoms with Gasteiger partial charge >= 0.3 is 33.6 Å². The highest BCUT2D eigenvalue weighted by molar-refractivity contribution is 7.47. The number of allylic oxidation sites excluding steroid dienone is 12. The summed E-state index contributed by atoms with van der Waals surface area (Å²) < 4.78 is 60.9. The summed E-state index contributed by atoms with van der Waals surface area (Å²) in [6, 6.07) is 0. The van der Waals surface area contributed by atoms with Crippen molar-refractivity contribution in [2.24, 2.45) is 0 Å². The second-order valence-corrected chi connectivity index (χ2v) is 26.6. The molecule has 0 radical (unpaired) electrons. The summed E-state index contributed by atoms with van der Waals surface area (Å²) in [5.74, 6) is -1.59. The van der Waals surface area contributed by atoms with Crippen LogP contribution in [0.2, 0.25) is 0 Å². The SMILES string of the molecule is CCCCC/C=C\C/C=C\C/C=C\C/C=C\CCCCCCCCCC(=O)OCC(O)COP(=O)(O)OCC(O)COP(=O)(O)OCC(COC(=O)CCCCCCC/C=C\C/C=C\CCCCC)OC(=O)CCCCCCCCCCCCCCCCC. The highest BCUT2D eigenvalue weighted by Crippen LogP contribution is 2.45. The zero-order valence-electron chi connectivity index (χ0n) is 56.1. The van der Waals surface area contributed by atoms with Crippen LogP contribution in [0.1, 0.15) is 303 Å². The van der Waals surface area contributed by atoms with E-state index < -0.39 is 91.5 Å². The molecule has 89 heavy (non-hydrogen) atoms. The van der Waals surface area contributed by atoms with Gasteiger partial charge in [-0.05, 0) is 96.3 Å². The Kier molecular flexibility index (Phi) is 62.9. The molecule has 0 aliphatic rings. The highest BCUT2D eigenvalue weighted by atomic mass is 31.2. The van der Waals surface area contributed by atoms with Crippen molar-refractivity contribution in [3.63, 3.8) is 0 Å². The summed E-state index contributed by atoms with van der Waals surface area (Å²) in [5.41, 5.74) is 0. The third-order valence-electron chi connectivity index (χ3n) is 14.9. The van der Waals surface area contributed by atoms with Crippen molar-refractivity contribution in [2.45, 2.75) is 322 Å². The van der Waals surface area contributed by atoms with Crippen LogP contribution in [0.25, 0.3) is 0 Å². The first-order valence-electron chi connectivity index (χ1n) is 35.2. The van der Waals surface area contributed by atoms with Crippen LogP contribution in [-0.2, 0) is 55.8 Å². The number of carbonyl (C=O) groups excluding carboxylic acids is 3. The zero-order valence-corrected chi connectivity index (χ0v) is 57.9. The molecule has 0 aromatic rings. The maximum absolute atomic E-state index is 12.9.